The molecule has 1 N–H and O–H groups in total. The Kier molecular flexibility index (Phi) is 5.96. The smallest absolute Gasteiger partial charge is 0.227 e. The molecule has 4 rings (SSSR count). The van der Waals surface area contributed by atoms with Gasteiger partial charge < -0.3 is 14.7 Å². The van der Waals surface area contributed by atoms with Gasteiger partial charge >= 0.3 is 0 Å². The summed E-state index contributed by atoms with van der Waals surface area (Å²) in [6.45, 7) is 2.60. The molecule has 3 aromatic heterocycles. The lowest BCUT2D eigenvalue weighted by atomic mass is 10.1. The molecule has 4 heterocycles. The normalized spacial score (nSPS) is 14.2. The third-order valence-corrected chi connectivity index (χ3v) is 5.48. The number of thiophene rings is 1. The van der Waals surface area contributed by atoms with Crippen molar-refractivity contribution in [3.05, 3.63) is 46.6 Å². The topological polar surface area (TPSA) is 84.1 Å². The molecule has 0 bridgehead atoms. The number of amides is 1. The molecule has 1 aliphatic heterocycles. The second-order valence-electron chi connectivity index (χ2n) is 6.87. The zero-order chi connectivity index (χ0) is 19.2. The lowest BCUT2D eigenvalue weighted by Crippen LogP contribution is -2.30. The third kappa shape index (κ3) is 4.75. The van der Waals surface area contributed by atoms with Gasteiger partial charge in [-0.05, 0) is 48.4 Å². The van der Waals surface area contributed by atoms with Crippen molar-refractivity contribution in [2.24, 2.45) is 0 Å². The number of hydrogen-bond acceptors (Lipinski definition) is 7. The van der Waals surface area contributed by atoms with Crippen molar-refractivity contribution in [2.75, 3.05) is 18.0 Å². The number of rotatable bonds is 7. The molecule has 0 aromatic carbocycles. The SMILES string of the molecule is O=C(CCc1nc(-c2ccsc2)no1)NCc1ccnc(N2CCCCC2)c1. The quantitative estimate of drug-likeness (QED) is 0.657. The summed E-state index contributed by atoms with van der Waals surface area (Å²) in [7, 11) is 0. The molecule has 0 atom stereocenters. The Hall–Kier alpha value is -2.74. The second kappa shape index (κ2) is 8.97. The van der Waals surface area contributed by atoms with Gasteiger partial charge in [0, 0.05) is 49.6 Å². The molecule has 0 saturated carbocycles. The zero-order valence-electron chi connectivity index (χ0n) is 15.6. The maximum Gasteiger partial charge on any atom is 0.227 e. The first-order valence-electron chi connectivity index (χ1n) is 9.60. The maximum absolute atomic E-state index is 12.2. The van der Waals surface area contributed by atoms with E-state index in [0.717, 1.165) is 30.0 Å². The molecule has 0 radical (unpaired) electrons. The average molecular weight is 398 g/mol. The van der Waals surface area contributed by atoms with E-state index in [4.69, 9.17) is 4.52 Å². The summed E-state index contributed by atoms with van der Waals surface area (Å²) in [6, 6.07) is 5.95. The van der Waals surface area contributed by atoms with Gasteiger partial charge in [0.2, 0.25) is 17.6 Å². The van der Waals surface area contributed by atoms with Crippen LogP contribution in [0.25, 0.3) is 11.4 Å². The van der Waals surface area contributed by atoms with E-state index in [0.29, 0.717) is 31.1 Å². The molecule has 1 saturated heterocycles. The predicted octanol–water partition coefficient (Wildman–Crippen LogP) is 3.43. The summed E-state index contributed by atoms with van der Waals surface area (Å²) in [4.78, 5) is 23.3. The number of carbonyl (C=O) groups is 1. The average Bonchev–Trinajstić information content (AvgIpc) is 3.43. The van der Waals surface area contributed by atoms with Crippen LogP contribution >= 0.6 is 11.3 Å². The van der Waals surface area contributed by atoms with Gasteiger partial charge in [0.15, 0.2) is 0 Å². The second-order valence-corrected chi connectivity index (χ2v) is 7.65. The van der Waals surface area contributed by atoms with Gasteiger partial charge in [-0.2, -0.15) is 16.3 Å². The van der Waals surface area contributed by atoms with Gasteiger partial charge in [0.1, 0.15) is 5.82 Å². The molecule has 1 amide bonds. The van der Waals surface area contributed by atoms with Gasteiger partial charge in [0.25, 0.3) is 0 Å². The summed E-state index contributed by atoms with van der Waals surface area (Å²) in [5.74, 6) is 2.01. The van der Waals surface area contributed by atoms with Crippen molar-refractivity contribution in [1.82, 2.24) is 20.4 Å². The van der Waals surface area contributed by atoms with Gasteiger partial charge in [-0.15, -0.1) is 0 Å². The fraction of sp³-hybridized carbons (Fsp3) is 0.400. The molecule has 7 nitrogen and oxygen atoms in total. The largest absolute Gasteiger partial charge is 0.357 e. The van der Waals surface area contributed by atoms with Crippen LogP contribution in [0.3, 0.4) is 0 Å². The van der Waals surface area contributed by atoms with Crippen molar-refractivity contribution >= 4 is 23.1 Å². The number of nitrogens with one attached hydrogen (secondary N) is 1. The minimum Gasteiger partial charge on any atom is -0.357 e. The van der Waals surface area contributed by atoms with E-state index in [9.17, 15) is 4.79 Å². The molecule has 0 spiro atoms. The maximum atomic E-state index is 12.2. The van der Waals surface area contributed by atoms with Crippen LogP contribution in [0.15, 0.2) is 39.7 Å². The van der Waals surface area contributed by atoms with Gasteiger partial charge in [-0.3, -0.25) is 4.79 Å². The Morgan fingerprint density at radius 1 is 1.25 bits per heavy atom. The molecule has 146 valence electrons. The molecular weight excluding hydrogens is 374 g/mol. The van der Waals surface area contributed by atoms with Gasteiger partial charge in [-0.1, -0.05) is 5.16 Å². The molecule has 8 heteroatoms. The highest BCUT2D eigenvalue weighted by atomic mass is 32.1. The fourth-order valence-corrected chi connectivity index (χ4v) is 3.88. The number of pyridine rings is 1. The van der Waals surface area contributed by atoms with Crippen molar-refractivity contribution in [3.8, 4) is 11.4 Å². The lowest BCUT2D eigenvalue weighted by molar-refractivity contribution is -0.121. The predicted molar refractivity (Wildman–Crippen MR) is 108 cm³/mol. The Bertz CT molecular complexity index is 903. The Morgan fingerprint density at radius 3 is 2.96 bits per heavy atom. The van der Waals surface area contributed by atoms with Gasteiger partial charge in [-0.25, -0.2) is 4.98 Å². The van der Waals surface area contributed by atoms with Crippen molar-refractivity contribution in [1.29, 1.82) is 0 Å². The summed E-state index contributed by atoms with van der Waals surface area (Å²) < 4.78 is 5.23. The van der Waals surface area contributed by atoms with Crippen molar-refractivity contribution in [3.63, 3.8) is 0 Å². The Balaban J connectivity index is 1.25. The van der Waals surface area contributed by atoms with Crippen LogP contribution in [0, 0.1) is 0 Å². The zero-order valence-corrected chi connectivity index (χ0v) is 16.5. The number of nitrogens with zero attached hydrogens (tertiary/aromatic N) is 4. The van der Waals surface area contributed by atoms with E-state index in [2.05, 4.69) is 31.4 Å². The molecule has 28 heavy (non-hydrogen) atoms. The minimum absolute atomic E-state index is 0.0355. The third-order valence-electron chi connectivity index (χ3n) is 4.79. The van der Waals surface area contributed by atoms with E-state index < -0.39 is 0 Å². The summed E-state index contributed by atoms with van der Waals surface area (Å²) >= 11 is 1.58. The van der Waals surface area contributed by atoms with E-state index >= 15 is 0 Å². The van der Waals surface area contributed by atoms with Crippen LogP contribution < -0.4 is 10.2 Å². The van der Waals surface area contributed by atoms with Crippen LogP contribution in [0.2, 0.25) is 0 Å². The highest BCUT2D eigenvalue weighted by Gasteiger charge is 2.13. The first kappa shape index (κ1) is 18.6. The van der Waals surface area contributed by atoms with E-state index in [1.54, 1.807) is 11.3 Å². The van der Waals surface area contributed by atoms with Crippen LogP contribution in [-0.4, -0.2) is 34.1 Å². The van der Waals surface area contributed by atoms with Crippen LogP contribution in [0.1, 0.15) is 37.1 Å². The first-order chi connectivity index (χ1) is 13.8. The van der Waals surface area contributed by atoms with Crippen LogP contribution in [0.4, 0.5) is 5.82 Å². The standard InChI is InChI=1S/C20H23N5O2S/c26-18(4-5-19-23-20(24-27-19)16-7-11-28-14-16)22-13-15-6-8-21-17(12-15)25-9-2-1-3-10-25/h6-8,11-12,14H,1-5,9-10,13H2,(H,22,26). The highest BCUT2D eigenvalue weighted by molar-refractivity contribution is 7.08. The molecule has 1 fully saturated rings. The molecular formula is C20H23N5O2S. The molecule has 0 unspecified atom stereocenters. The Labute approximate surface area is 167 Å². The van der Waals surface area contributed by atoms with Crippen molar-refractivity contribution < 1.29 is 9.32 Å². The summed E-state index contributed by atoms with van der Waals surface area (Å²) in [5.41, 5.74) is 1.99. The number of aryl methyl sites for hydroxylation is 1. The van der Waals surface area contributed by atoms with E-state index in [1.807, 2.05) is 29.1 Å². The van der Waals surface area contributed by atoms with Crippen molar-refractivity contribution in [2.45, 2.75) is 38.6 Å². The van der Waals surface area contributed by atoms with Crippen LogP contribution in [0.5, 0.6) is 0 Å². The van der Waals surface area contributed by atoms with Gasteiger partial charge in [0.05, 0.1) is 0 Å². The minimum atomic E-state index is -0.0355. The molecule has 3 aromatic rings. The van der Waals surface area contributed by atoms with E-state index in [1.165, 1.54) is 19.3 Å². The monoisotopic (exact) mass is 397 g/mol. The Morgan fingerprint density at radius 2 is 2.14 bits per heavy atom. The lowest BCUT2D eigenvalue weighted by Gasteiger charge is -2.27. The summed E-state index contributed by atoms with van der Waals surface area (Å²) in [5, 5.41) is 10.9. The summed E-state index contributed by atoms with van der Waals surface area (Å²) in [6.07, 6.45) is 6.28. The number of aromatic nitrogens is 3. The molecule has 0 aliphatic carbocycles. The first-order valence-corrected chi connectivity index (χ1v) is 10.5. The fourth-order valence-electron chi connectivity index (χ4n) is 3.24. The molecule has 1 aliphatic rings. The number of piperidine rings is 1. The number of anilines is 1. The highest BCUT2D eigenvalue weighted by Crippen LogP contribution is 2.19. The van der Waals surface area contributed by atoms with E-state index in [-0.39, 0.29) is 5.91 Å². The number of carbonyl (C=O) groups excluding carboxylic acids is 1. The number of hydrogen-bond donors (Lipinski definition) is 1. The van der Waals surface area contributed by atoms with Crippen LogP contribution in [-0.2, 0) is 17.8 Å².